The first-order chi connectivity index (χ1) is 19.4. The fourth-order valence-corrected chi connectivity index (χ4v) is 5.79. The third-order valence-electron chi connectivity index (χ3n) is 7.72. The largest absolute Gasteiger partial charge is 0.490 e. The van der Waals surface area contributed by atoms with Crippen LogP contribution >= 0.6 is 0 Å². The zero-order chi connectivity index (χ0) is 29.5. The molecule has 12 heteroatoms. The van der Waals surface area contributed by atoms with Crippen molar-refractivity contribution in [2.24, 2.45) is 5.92 Å². The van der Waals surface area contributed by atoms with Gasteiger partial charge < -0.3 is 25.6 Å². The van der Waals surface area contributed by atoms with Crippen molar-refractivity contribution in [2.75, 3.05) is 11.9 Å². The Balaban J connectivity index is 1.45. The Morgan fingerprint density at radius 3 is 2.66 bits per heavy atom. The van der Waals surface area contributed by atoms with E-state index in [-0.39, 0.29) is 42.2 Å². The van der Waals surface area contributed by atoms with E-state index in [9.17, 15) is 24.2 Å². The maximum atomic E-state index is 15.5. The number of nitrogens with one attached hydrogen (secondary N) is 2. The zero-order valence-corrected chi connectivity index (χ0v) is 22.4. The Bertz CT molecular complexity index is 1520. The van der Waals surface area contributed by atoms with Crippen LogP contribution in [0.3, 0.4) is 0 Å². The van der Waals surface area contributed by atoms with Crippen molar-refractivity contribution in [1.29, 1.82) is 0 Å². The Morgan fingerprint density at radius 1 is 1.12 bits per heavy atom. The molecule has 1 aromatic carbocycles. The number of pyridine rings is 2. The molecule has 0 spiro atoms. The first-order valence-electron chi connectivity index (χ1n) is 13.2. The van der Waals surface area contributed by atoms with E-state index < -0.39 is 52.1 Å². The number of aromatic nitrogens is 2. The Labute approximate surface area is 233 Å². The van der Waals surface area contributed by atoms with E-state index in [1.165, 1.54) is 13.1 Å². The molecule has 4 N–H and O–H groups in total. The smallest absolute Gasteiger partial charge is 0.404 e. The van der Waals surface area contributed by atoms with Gasteiger partial charge >= 0.3 is 6.09 Å². The van der Waals surface area contributed by atoms with E-state index in [2.05, 4.69) is 20.6 Å². The number of aliphatic hydroxyl groups is 1. The van der Waals surface area contributed by atoms with E-state index in [4.69, 9.17) is 4.74 Å². The molecule has 216 valence electrons. The number of carbonyl (C=O) groups excluding carboxylic acids is 1. The first kappa shape index (κ1) is 28.3. The van der Waals surface area contributed by atoms with Crippen molar-refractivity contribution in [3.63, 3.8) is 0 Å². The summed E-state index contributed by atoms with van der Waals surface area (Å²) in [6.07, 6.45) is 4.00. The molecule has 41 heavy (non-hydrogen) atoms. The van der Waals surface area contributed by atoms with Gasteiger partial charge in [0.2, 0.25) is 0 Å². The summed E-state index contributed by atoms with van der Waals surface area (Å²) in [6, 6.07) is 4.36. The summed E-state index contributed by atoms with van der Waals surface area (Å²) in [4.78, 5) is 32.5. The molecule has 2 amide bonds. The SMILES string of the molecule is C[C@@H]1C[C@H](NC(=O)O)C[C@H](c2ccncc2NC(=O)c2ccc(F)c(-c3c(F)cc4c(c3F)OCC[C@@]4(C)O)n2)C1. The molecule has 5 rings (SSSR count). The van der Waals surface area contributed by atoms with E-state index in [0.717, 1.165) is 30.2 Å². The van der Waals surface area contributed by atoms with Crippen LogP contribution in [0.5, 0.6) is 5.75 Å². The number of nitrogens with zero attached hydrogens (tertiary/aromatic N) is 2. The molecule has 0 bridgehead atoms. The summed E-state index contributed by atoms with van der Waals surface area (Å²) in [5.74, 6) is -4.47. The standard InChI is InChI=1S/C29H29F3N4O5/c1-14-9-15(11-16(10-14)34-28(38)39)17-5-7-33-13-22(17)36-27(37)21-4-3-19(30)25(35-21)23-20(31)12-18-26(24(23)32)41-8-6-29(18,2)40/h3-5,7,12-16,34,40H,6,8-11H2,1-2H3,(H,36,37)(H,38,39)/t14-,15+,16-,29+/m0/s1. The average Bonchev–Trinajstić information content (AvgIpc) is 2.90. The number of anilines is 1. The summed E-state index contributed by atoms with van der Waals surface area (Å²) < 4.78 is 50.9. The molecular weight excluding hydrogens is 541 g/mol. The quantitative estimate of drug-likeness (QED) is 0.325. The number of hydrogen-bond acceptors (Lipinski definition) is 6. The van der Waals surface area contributed by atoms with Crippen molar-refractivity contribution in [3.8, 4) is 17.0 Å². The number of halogens is 3. The average molecular weight is 571 g/mol. The lowest BCUT2D eigenvalue weighted by Gasteiger charge is -2.34. The molecule has 0 radical (unpaired) electrons. The third kappa shape index (κ3) is 5.69. The van der Waals surface area contributed by atoms with Gasteiger partial charge in [-0.1, -0.05) is 6.92 Å². The van der Waals surface area contributed by atoms with Crippen LogP contribution in [0, 0.1) is 23.4 Å². The predicted octanol–water partition coefficient (Wildman–Crippen LogP) is 5.34. The fourth-order valence-electron chi connectivity index (χ4n) is 5.79. The van der Waals surface area contributed by atoms with Crippen molar-refractivity contribution < 1.29 is 37.7 Å². The molecule has 3 aromatic rings. The molecule has 2 aromatic heterocycles. The van der Waals surface area contributed by atoms with Crippen molar-refractivity contribution in [1.82, 2.24) is 15.3 Å². The molecule has 1 aliphatic heterocycles. The van der Waals surface area contributed by atoms with Gasteiger partial charge in [-0.15, -0.1) is 0 Å². The molecule has 3 heterocycles. The van der Waals surface area contributed by atoms with Crippen LogP contribution in [0.2, 0.25) is 0 Å². The highest BCUT2D eigenvalue weighted by molar-refractivity contribution is 6.03. The first-order valence-corrected chi connectivity index (χ1v) is 13.2. The monoisotopic (exact) mass is 570 g/mol. The maximum Gasteiger partial charge on any atom is 0.404 e. The van der Waals surface area contributed by atoms with Crippen LogP contribution < -0.4 is 15.4 Å². The van der Waals surface area contributed by atoms with Gasteiger partial charge in [0, 0.05) is 24.2 Å². The lowest BCUT2D eigenvalue weighted by Crippen LogP contribution is -2.39. The van der Waals surface area contributed by atoms with Crippen LogP contribution in [-0.4, -0.2) is 44.8 Å². The summed E-state index contributed by atoms with van der Waals surface area (Å²) in [5.41, 5.74) is -2.37. The van der Waals surface area contributed by atoms with Crippen molar-refractivity contribution >= 4 is 17.7 Å². The summed E-state index contributed by atoms with van der Waals surface area (Å²) >= 11 is 0. The van der Waals surface area contributed by atoms with Crippen LogP contribution in [-0.2, 0) is 5.60 Å². The molecule has 2 aliphatic rings. The highest BCUT2D eigenvalue weighted by atomic mass is 19.1. The van der Waals surface area contributed by atoms with Gasteiger partial charge in [0.15, 0.2) is 11.6 Å². The lowest BCUT2D eigenvalue weighted by molar-refractivity contribution is 0.0126. The fraction of sp³-hybridized carbons (Fsp3) is 0.379. The molecule has 0 unspecified atom stereocenters. The second-order valence-electron chi connectivity index (χ2n) is 10.9. The highest BCUT2D eigenvalue weighted by Gasteiger charge is 2.36. The van der Waals surface area contributed by atoms with Crippen LogP contribution in [0.1, 0.15) is 67.1 Å². The van der Waals surface area contributed by atoms with E-state index in [1.807, 2.05) is 6.92 Å². The Morgan fingerprint density at radius 2 is 1.90 bits per heavy atom. The molecule has 1 fully saturated rings. The van der Waals surface area contributed by atoms with Gasteiger partial charge in [-0.3, -0.25) is 9.78 Å². The third-order valence-corrected chi connectivity index (χ3v) is 7.72. The number of rotatable bonds is 5. The number of amides is 2. The molecule has 0 saturated heterocycles. The van der Waals surface area contributed by atoms with Gasteiger partial charge in [-0.25, -0.2) is 22.9 Å². The normalized spacial score (nSPS) is 23.7. The Hall–Kier alpha value is -4.19. The minimum Gasteiger partial charge on any atom is -0.490 e. The number of fused-ring (bicyclic) bond motifs is 1. The molecular formula is C29H29F3N4O5. The second-order valence-corrected chi connectivity index (χ2v) is 10.9. The minimum atomic E-state index is -1.54. The van der Waals surface area contributed by atoms with Gasteiger partial charge in [-0.2, -0.15) is 0 Å². The summed E-state index contributed by atoms with van der Waals surface area (Å²) in [7, 11) is 0. The molecule has 9 nitrogen and oxygen atoms in total. The number of ether oxygens (including phenoxy) is 1. The number of carboxylic acid groups (broad SMARTS) is 1. The summed E-state index contributed by atoms with van der Waals surface area (Å²) in [5, 5.41) is 25.0. The lowest BCUT2D eigenvalue weighted by atomic mass is 9.76. The van der Waals surface area contributed by atoms with E-state index in [0.29, 0.717) is 18.5 Å². The zero-order valence-electron chi connectivity index (χ0n) is 22.4. The topological polar surface area (TPSA) is 134 Å². The van der Waals surface area contributed by atoms with Crippen LogP contribution in [0.15, 0.2) is 36.7 Å². The molecule has 1 saturated carbocycles. The van der Waals surface area contributed by atoms with Gasteiger partial charge in [0.05, 0.1) is 29.7 Å². The van der Waals surface area contributed by atoms with Crippen molar-refractivity contribution in [3.05, 3.63) is 70.9 Å². The Kier molecular flexibility index (Phi) is 7.60. The van der Waals surface area contributed by atoms with Gasteiger partial charge in [-0.05, 0) is 67.9 Å². The summed E-state index contributed by atoms with van der Waals surface area (Å²) in [6.45, 7) is 3.40. The van der Waals surface area contributed by atoms with E-state index >= 15 is 8.78 Å². The minimum absolute atomic E-state index is 0.0271. The number of hydrogen-bond donors (Lipinski definition) is 4. The number of benzene rings is 1. The molecule has 1 aliphatic carbocycles. The van der Waals surface area contributed by atoms with E-state index in [1.54, 1.807) is 12.3 Å². The highest BCUT2D eigenvalue weighted by Crippen LogP contribution is 2.43. The maximum absolute atomic E-state index is 15.5. The molecule has 4 atom stereocenters. The van der Waals surface area contributed by atoms with Gasteiger partial charge in [0.25, 0.3) is 5.91 Å². The predicted molar refractivity (Wildman–Crippen MR) is 142 cm³/mol. The second kappa shape index (κ2) is 11.0. The van der Waals surface area contributed by atoms with Gasteiger partial charge in [0.1, 0.15) is 23.0 Å². The van der Waals surface area contributed by atoms with Crippen LogP contribution in [0.4, 0.5) is 23.7 Å². The van der Waals surface area contributed by atoms with Crippen LogP contribution in [0.25, 0.3) is 11.3 Å². The van der Waals surface area contributed by atoms with Crippen molar-refractivity contribution in [2.45, 2.75) is 57.1 Å². The number of carbonyl (C=O) groups is 2.